The number of carbonyl (C=O) groups excluding carboxylic acids is 1. The number of hydrogen-bond donors (Lipinski definition) is 0. The summed E-state index contributed by atoms with van der Waals surface area (Å²) in [6.45, 7) is 2.29. The molecule has 3 rings (SSSR count). The highest BCUT2D eigenvalue weighted by Gasteiger charge is 2.21. The molecule has 1 aliphatic rings. The van der Waals surface area contributed by atoms with E-state index in [0.29, 0.717) is 0 Å². The Morgan fingerprint density at radius 1 is 0.840 bits per heavy atom. The lowest BCUT2D eigenvalue weighted by molar-refractivity contribution is 0.112. The number of rotatable bonds is 7. The average Bonchev–Trinajstić information content (AvgIpc) is 2.69. The molecule has 132 valence electrons. The van der Waals surface area contributed by atoms with E-state index in [1.54, 1.807) is 0 Å². The largest absolute Gasteiger partial charge is 0.298 e. The topological polar surface area (TPSA) is 17.1 Å². The van der Waals surface area contributed by atoms with Crippen molar-refractivity contribution in [2.45, 2.75) is 64.2 Å². The first-order valence-electron chi connectivity index (χ1n) is 9.95. The summed E-state index contributed by atoms with van der Waals surface area (Å²) in [7, 11) is 0. The Balaban J connectivity index is 1.56. The van der Waals surface area contributed by atoms with Crippen molar-refractivity contribution in [2.75, 3.05) is 0 Å². The molecule has 0 bridgehead atoms. The third-order valence-electron chi connectivity index (χ3n) is 5.82. The fourth-order valence-electron chi connectivity index (χ4n) is 4.17. The first-order valence-corrected chi connectivity index (χ1v) is 9.95. The first kappa shape index (κ1) is 17.9. The predicted octanol–water partition coefficient (Wildman–Crippen LogP) is 7.02. The molecular formula is C24H30O. The molecule has 0 spiro atoms. The lowest BCUT2D eigenvalue weighted by atomic mass is 9.77. The van der Waals surface area contributed by atoms with E-state index in [4.69, 9.17) is 0 Å². The van der Waals surface area contributed by atoms with Crippen molar-refractivity contribution in [3.8, 4) is 11.1 Å². The number of unbranched alkanes of at least 4 members (excludes halogenated alkanes) is 2. The number of hydrogen-bond acceptors (Lipinski definition) is 1. The van der Waals surface area contributed by atoms with Crippen LogP contribution in [0.2, 0.25) is 0 Å². The Morgan fingerprint density at radius 3 is 2.00 bits per heavy atom. The van der Waals surface area contributed by atoms with Crippen LogP contribution in [0, 0.1) is 5.92 Å². The van der Waals surface area contributed by atoms with E-state index in [9.17, 15) is 4.79 Å². The monoisotopic (exact) mass is 334 g/mol. The summed E-state index contributed by atoms with van der Waals surface area (Å²) in [5, 5.41) is 0. The molecule has 1 saturated carbocycles. The summed E-state index contributed by atoms with van der Waals surface area (Å²) >= 11 is 0. The predicted molar refractivity (Wildman–Crippen MR) is 106 cm³/mol. The minimum absolute atomic E-state index is 0.732. The van der Waals surface area contributed by atoms with Gasteiger partial charge in [0.05, 0.1) is 0 Å². The highest BCUT2D eigenvalue weighted by Crippen LogP contribution is 2.38. The number of carbonyl (C=O) groups is 1. The second-order valence-electron chi connectivity index (χ2n) is 7.58. The van der Waals surface area contributed by atoms with E-state index in [0.717, 1.165) is 23.7 Å². The van der Waals surface area contributed by atoms with Gasteiger partial charge in [0.2, 0.25) is 0 Å². The van der Waals surface area contributed by atoms with Gasteiger partial charge >= 0.3 is 0 Å². The average molecular weight is 335 g/mol. The fraction of sp³-hybridized carbons (Fsp3) is 0.458. The zero-order valence-electron chi connectivity index (χ0n) is 15.4. The first-order chi connectivity index (χ1) is 12.3. The number of aldehydes is 1. The van der Waals surface area contributed by atoms with E-state index < -0.39 is 0 Å². The lowest BCUT2D eigenvalue weighted by Gasteiger charge is -2.29. The lowest BCUT2D eigenvalue weighted by Crippen LogP contribution is -2.13. The summed E-state index contributed by atoms with van der Waals surface area (Å²) in [4.78, 5) is 10.8. The normalized spacial score (nSPS) is 20.4. The van der Waals surface area contributed by atoms with Gasteiger partial charge in [-0.05, 0) is 54.2 Å². The molecule has 1 heteroatoms. The van der Waals surface area contributed by atoms with Gasteiger partial charge < -0.3 is 0 Å². The second kappa shape index (κ2) is 8.99. The Morgan fingerprint density at radius 2 is 1.44 bits per heavy atom. The molecule has 0 atom stereocenters. The molecule has 0 aromatic heterocycles. The van der Waals surface area contributed by atoms with E-state index in [2.05, 4.69) is 31.2 Å². The molecule has 25 heavy (non-hydrogen) atoms. The van der Waals surface area contributed by atoms with Crippen LogP contribution >= 0.6 is 0 Å². The van der Waals surface area contributed by atoms with Gasteiger partial charge in [0, 0.05) is 5.56 Å². The SMILES string of the molecule is CCCCC[C@H]1CC[C@H](c2ccc(-c3ccc(C=O)cc3)cc2)CC1. The molecule has 2 aromatic carbocycles. The fourth-order valence-corrected chi connectivity index (χ4v) is 4.17. The minimum Gasteiger partial charge on any atom is -0.298 e. The van der Waals surface area contributed by atoms with Gasteiger partial charge in [-0.2, -0.15) is 0 Å². The standard InChI is InChI=1S/C24H30O/c1-2-3-4-5-19-6-10-21(11-7-19)23-14-16-24(17-15-23)22-12-8-20(18-25)9-13-22/h8-9,12-19,21H,2-7,10-11H2,1H3/t19-,21-. The molecule has 0 amide bonds. The van der Waals surface area contributed by atoms with Gasteiger partial charge in [-0.1, -0.05) is 81.1 Å². The zero-order valence-corrected chi connectivity index (χ0v) is 15.4. The smallest absolute Gasteiger partial charge is 0.150 e. The van der Waals surface area contributed by atoms with Crippen LogP contribution in [0.5, 0.6) is 0 Å². The number of benzene rings is 2. The van der Waals surface area contributed by atoms with Crippen LogP contribution in [0.25, 0.3) is 11.1 Å². The maximum atomic E-state index is 10.8. The molecule has 1 nitrogen and oxygen atoms in total. The van der Waals surface area contributed by atoms with Crippen molar-refractivity contribution in [3.63, 3.8) is 0 Å². The van der Waals surface area contributed by atoms with Crippen LogP contribution < -0.4 is 0 Å². The molecular weight excluding hydrogens is 304 g/mol. The summed E-state index contributed by atoms with van der Waals surface area (Å²) in [6, 6.07) is 16.9. The van der Waals surface area contributed by atoms with Gasteiger partial charge in [-0.3, -0.25) is 4.79 Å². The van der Waals surface area contributed by atoms with Crippen molar-refractivity contribution in [1.29, 1.82) is 0 Å². The van der Waals surface area contributed by atoms with Gasteiger partial charge in [0.15, 0.2) is 0 Å². The Kier molecular flexibility index (Phi) is 6.44. The Bertz CT molecular complexity index is 645. The van der Waals surface area contributed by atoms with Crippen molar-refractivity contribution >= 4 is 6.29 Å². The van der Waals surface area contributed by atoms with Gasteiger partial charge in [-0.15, -0.1) is 0 Å². The highest BCUT2D eigenvalue weighted by molar-refractivity contribution is 5.76. The molecule has 0 N–H and O–H groups in total. The quantitative estimate of drug-likeness (QED) is 0.393. The van der Waals surface area contributed by atoms with Gasteiger partial charge in [-0.25, -0.2) is 0 Å². The molecule has 0 heterocycles. The summed E-state index contributed by atoms with van der Waals surface area (Å²) in [5.41, 5.74) is 4.64. The summed E-state index contributed by atoms with van der Waals surface area (Å²) in [5.74, 6) is 1.72. The van der Waals surface area contributed by atoms with Crippen molar-refractivity contribution in [3.05, 3.63) is 59.7 Å². The molecule has 0 radical (unpaired) electrons. The maximum Gasteiger partial charge on any atom is 0.150 e. The molecule has 1 fully saturated rings. The van der Waals surface area contributed by atoms with Crippen LogP contribution in [0.1, 0.15) is 80.1 Å². The second-order valence-corrected chi connectivity index (χ2v) is 7.58. The molecule has 1 aliphatic carbocycles. The van der Waals surface area contributed by atoms with Crippen molar-refractivity contribution < 1.29 is 4.79 Å². The molecule has 2 aromatic rings. The zero-order chi connectivity index (χ0) is 17.5. The molecule has 0 aliphatic heterocycles. The van der Waals surface area contributed by atoms with Crippen LogP contribution in [0.4, 0.5) is 0 Å². The Labute approximate surface area is 152 Å². The van der Waals surface area contributed by atoms with E-state index in [1.165, 1.54) is 68.1 Å². The maximum absolute atomic E-state index is 10.8. The van der Waals surface area contributed by atoms with E-state index in [-0.39, 0.29) is 0 Å². The third kappa shape index (κ3) is 4.81. The third-order valence-corrected chi connectivity index (χ3v) is 5.82. The van der Waals surface area contributed by atoms with Crippen LogP contribution in [0.15, 0.2) is 48.5 Å². The molecule has 0 saturated heterocycles. The Hall–Kier alpha value is -1.89. The summed E-state index contributed by atoms with van der Waals surface area (Å²) < 4.78 is 0. The van der Waals surface area contributed by atoms with Gasteiger partial charge in [0.1, 0.15) is 6.29 Å². The van der Waals surface area contributed by atoms with Crippen molar-refractivity contribution in [1.82, 2.24) is 0 Å². The highest BCUT2D eigenvalue weighted by atomic mass is 16.1. The van der Waals surface area contributed by atoms with Crippen LogP contribution in [-0.4, -0.2) is 6.29 Å². The van der Waals surface area contributed by atoms with E-state index >= 15 is 0 Å². The van der Waals surface area contributed by atoms with Gasteiger partial charge in [0.25, 0.3) is 0 Å². The van der Waals surface area contributed by atoms with Crippen molar-refractivity contribution in [2.24, 2.45) is 5.92 Å². The van der Waals surface area contributed by atoms with Crippen LogP contribution in [-0.2, 0) is 0 Å². The summed E-state index contributed by atoms with van der Waals surface area (Å²) in [6.07, 6.45) is 12.0. The minimum atomic E-state index is 0.732. The van der Waals surface area contributed by atoms with Crippen LogP contribution in [0.3, 0.4) is 0 Å². The van der Waals surface area contributed by atoms with E-state index in [1.807, 2.05) is 24.3 Å². The molecule has 0 unspecified atom stereocenters.